The predicted octanol–water partition coefficient (Wildman–Crippen LogP) is 3.61. The Balaban J connectivity index is 2.25. The quantitative estimate of drug-likeness (QED) is 0.765. The molecule has 1 fully saturated rings. The largest absolute Gasteiger partial charge is 0.491 e. The zero-order chi connectivity index (χ0) is 19.5. The second-order valence-electron chi connectivity index (χ2n) is 7.40. The smallest absolute Gasteiger partial charge is 0.481 e. The number of carbonyl (C=O) groups is 2. The van der Waals surface area contributed by atoms with Crippen LogP contribution in [0.2, 0.25) is 0 Å². The lowest BCUT2D eigenvalue weighted by molar-refractivity contribution is -0.136. The molecule has 2 rings (SSSR count). The van der Waals surface area contributed by atoms with E-state index in [2.05, 4.69) is 0 Å². The summed E-state index contributed by atoms with van der Waals surface area (Å²) < 4.78 is 12.2. The lowest BCUT2D eigenvalue weighted by Crippen LogP contribution is -2.41. The minimum atomic E-state index is -0.857. The summed E-state index contributed by atoms with van der Waals surface area (Å²) in [4.78, 5) is 22.2. The van der Waals surface area contributed by atoms with E-state index in [4.69, 9.17) is 14.4 Å². The zero-order valence-electron chi connectivity index (χ0n) is 15.9. The van der Waals surface area contributed by atoms with E-state index in [1.807, 2.05) is 45.9 Å². The Hall–Kier alpha value is -1.57. The van der Waals surface area contributed by atoms with Crippen molar-refractivity contribution in [2.45, 2.75) is 52.2 Å². The Labute approximate surface area is 159 Å². The van der Waals surface area contributed by atoms with E-state index in [1.54, 1.807) is 12.1 Å². The molecular weight excluding hydrogens is 351 g/mol. The van der Waals surface area contributed by atoms with Gasteiger partial charge in [0.1, 0.15) is 0 Å². The highest BCUT2D eigenvalue weighted by Crippen LogP contribution is 2.39. The molecule has 0 spiro atoms. The van der Waals surface area contributed by atoms with Gasteiger partial charge in [-0.25, -0.2) is 0 Å². The molecule has 0 aromatic heterocycles. The minimum Gasteiger partial charge on any atom is -0.481 e. The molecule has 7 heteroatoms. The van der Waals surface area contributed by atoms with E-state index in [-0.39, 0.29) is 11.5 Å². The fourth-order valence-corrected chi connectivity index (χ4v) is 3.07. The molecule has 0 saturated carbocycles. The molecule has 5 nitrogen and oxygen atoms in total. The number of carbonyl (C=O) groups excluding carboxylic acids is 1. The molecule has 0 aliphatic carbocycles. The van der Waals surface area contributed by atoms with E-state index >= 15 is 0 Å². The number of carboxylic acid groups (broad SMARTS) is 1. The van der Waals surface area contributed by atoms with Gasteiger partial charge in [0.2, 0.25) is 0 Å². The van der Waals surface area contributed by atoms with Crippen LogP contribution in [-0.2, 0) is 25.3 Å². The van der Waals surface area contributed by atoms with Gasteiger partial charge in [0, 0.05) is 12.7 Å². The number of hydrogen-bond donors (Lipinski definition) is 1. The number of benzene rings is 1. The monoisotopic (exact) mass is 376 g/mol. The highest BCUT2D eigenvalue weighted by Gasteiger charge is 2.52. The average Bonchev–Trinajstić information content (AvgIpc) is 2.72. The van der Waals surface area contributed by atoms with E-state index in [1.165, 1.54) is 18.7 Å². The summed E-state index contributed by atoms with van der Waals surface area (Å²) in [5, 5.41) is 8.90. The predicted molar refractivity (Wildman–Crippen MR) is 105 cm³/mol. The van der Waals surface area contributed by atoms with E-state index < -0.39 is 24.3 Å². The SMILES string of the molecule is CC(=O)SCC(=Cc1ccc(CC(=O)O)cc1)B1OC(C)(C)C(C)(C)O1. The first-order valence-corrected chi connectivity index (χ1v) is 9.49. The summed E-state index contributed by atoms with van der Waals surface area (Å²) in [6.07, 6.45) is 1.94. The van der Waals surface area contributed by atoms with Crippen molar-refractivity contribution in [2.75, 3.05) is 5.75 Å². The molecule has 1 aliphatic heterocycles. The molecule has 0 radical (unpaired) electrons. The van der Waals surface area contributed by atoms with Crippen molar-refractivity contribution in [3.05, 3.63) is 40.9 Å². The summed E-state index contributed by atoms with van der Waals surface area (Å²) >= 11 is 1.21. The van der Waals surface area contributed by atoms with Crippen molar-refractivity contribution < 1.29 is 24.0 Å². The van der Waals surface area contributed by atoms with Crippen LogP contribution < -0.4 is 0 Å². The van der Waals surface area contributed by atoms with Crippen LogP contribution in [0.3, 0.4) is 0 Å². The topological polar surface area (TPSA) is 72.8 Å². The van der Waals surface area contributed by atoms with Crippen LogP contribution in [0, 0.1) is 0 Å². The first-order valence-electron chi connectivity index (χ1n) is 8.50. The maximum absolute atomic E-state index is 11.4. The molecule has 1 heterocycles. The van der Waals surface area contributed by atoms with Crippen LogP contribution in [0.25, 0.3) is 6.08 Å². The normalized spacial score (nSPS) is 18.8. The number of carboxylic acids is 1. The summed E-state index contributed by atoms with van der Waals surface area (Å²) in [5.74, 6) is -0.382. The molecule has 0 unspecified atom stereocenters. The molecule has 0 bridgehead atoms. The summed E-state index contributed by atoms with van der Waals surface area (Å²) in [6.45, 7) is 9.49. The van der Waals surface area contributed by atoms with Crippen LogP contribution >= 0.6 is 11.8 Å². The molecule has 1 aromatic carbocycles. The molecule has 140 valence electrons. The van der Waals surface area contributed by atoms with Crippen molar-refractivity contribution in [1.29, 1.82) is 0 Å². The standard InChI is InChI=1S/C19H25BO5S/c1-13(21)26-12-16(20-24-18(2,3)19(4,5)25-20)10-14-6-8-15(9-7-14)11-17(22)23/h6-10H,11-12H2,1-5H3,(H,22,23). The highest BCUT2D eigenvalue weighted by molar-refractivity contribution is 8.13. The van der Waals surface area contributed by atoms with Crippen molar-refractivity contribution in [3.63, 3.8) is 0 Å². The van der Waals surface area contributed by atoms with Gasteiger partial charge in [0.15, 0.2) is 5.12 Å². The van der Waals surface area contributed by atoms with E-state index in [0.29, 0.717) is 5.75 Å². The Morgan fingerprint density at radius 3 is 2.12 bits per heavy atom. The number of rotatable bonds is 6. The van der Waals surface area contributed by atoms with E-state index in [0.717, 1.165) is 16.6 Å². The Morgan fingerprint density at radius 2 is 1.65 bits per heavy atom. The molecule has 1 N–H and O–H groups in total. The lowest BCUT2D eigenvalue weighted by Gasteiger charge is -2.32. The molecule has 0 amide bonds. The van der Waals surface area contributed by atoms with Crippen LogP contribution in [0.15, 0.2) is 29.7 Å². The summed E-state index contributed by atoms with van der Waals surface area (Å²) in [6, 6.07) is 7.31. The Morgan fingerprint density at radius 1 is 1.12 bits per heavy atom. The van der Waals surface area contributed by atoms with Gasteiger partial charge < -0.3 is 14.4 Å². The van der Waals surface area contributed by atoms with Crippen molar-refractivity contribution >= 4 is 36.0 Å². The lowest BCUT2D eigenvalue weighted by atomic mass is 9.78. The van der Waals surface area contributed by atoms with Gasteiger partial charge >= 0.3 is 13.1 Å². The van der Waals surface area contributed by atoms with Crippen molar-refractivity contribution in [1.82, 2.24) is 0 Å². The molecular formula is C19H25BO5S. The van der Waals surface area contributed by atoms with Gasteiger partial charge in [-0.2, -0.15) is 0 Å². The van der Waals surface area contributed by atoms with Crippen molar-refractivity contribution in [2.24, 2.45) is 0 Å². The first kappa shape index (κ1) is 20.7. The van der Waals surface area contributed by atoms with Gasteiger partial charge in [-0.15, -0.1) is 0 Å². The van der Waals surface area contributed by atoms with Gasteiger partial charge in [0.25, 0.3) is 0 Å². The molecule has 1 aromatic rings. The minimum absolute atomic E-state index is 0.00569. The maximum atomic E-state index is 11.4. The summed E-state index contributed by atoms with van der Waals surface area (Å²) in [7, 11) is -0.523. The first-order chi connectivity index (χ1) is 12.0. The van der Waals surface area contributed by atoms with Gasteiger partial charge in [-0.3, -0.25) is 9.59 Å². The van der Waals surface area contributed by atoms with Gasteiger partial charge in [-0.05, 0) is 44.3 Å². The fourth-order valence-electron chi connectivity index (χ4n) is 2.48. The number of hydrogen-bond acceptors (Lipinski definition) is 5. The third-order valence-electron chi connectivity index (χ3n) is 4.69. The molecule has 26 heavy (non-hydrogen) atoms. The maximum Gasteiger partial charge on any atom is 0.491 e. The highest BCUT2D eigenvalue weighted by atomic mass is 32.2. The third-order valence-corrected chi connectivity index (χ3v) is 5.57. The van der Waals surface area contributed by atoms with Gasteiger partial charge in [0.05, 0.1) is 17.6 Å². The number of aliphatic carboxylic acids is 1. The zero-order valence-corrected chi connectivity index (χ0v) is 16.7. The van der Waals surface area contributed by atoms with Crippen LogP contribution in [-0.4, -0.2) is 40.3 Å². The van der Waals surface area contributed by atoms with Gasteiger partial charge in [-0.1, -0.05) is 42.1 Å². The van der Waals surface area contributed by atoms with E-state index in [9.17, 15) is 9.59 Å². The number of thioether (sulfide) groups is 1. The molecule has 1 aliphatic rings. The third kappa shape index (κ3) is 5.22. The average molecular weight is 376 g/mol. The Kier molecular flexibility index (Phi) is 6.37. The van der Waals surface area contributed by atoms with Crippen LogP contribution in [0.1, 0.15) is 45.7 Å². The molecule has 0 atom stereocenters. The second kappa shape index (κ2) is 7.98. The Bertz CT molecular complexity index is 693. The van der Waals surface area contributed by atoms with Crippen molar-refractivity contribution in [3.8, 4) is 0 Å². The second-order valence-corrected chi connectivity index (χ2v) is 8.55. The molecule has 1 saturated heterocycles. The fraction of sp³-hybridized carbons (Fsp3) is 0.474. The van der Waals surface area contributed by atoms with Crippen LogP contribution in [0.5, 0.6) is 0 Å². The van der Waals surface area contributed by atoms with Crippen LogP contribution in [0.4, 0.5) is 0 Å². The summed E-state index contributed by atoms with van der Waals surface area (Å²) in [5.41, 5.74) is 1.61.